The number of anilines is 1. The highest BCUT2D eigenvalue weighted by atomic mass is 35.5. The number of rotatable bonds is 0. The number of halogens is 2. The van der Waals surface area contributed by atoms with Crippen molar-refractivity contribution in [2.45, 2.75) is 0 Å². The van der Waals surface area contributed by atoms with Gasteiger partial charge in [0.15, 0.2) is 11.5 Å². The zero-order chi connectivity index (χ0) is 14.6. The minimum Gasteiger partial charge on any atom is -0.869 e. The van der Waals surface area contributed by atoms with E-state index in [0.29, 0.717) is 5.95 Å². The van der Waals surface area contributed by atoms with Gasteiger partial charge in [-0.2, -0.15) is 0 Å². The average molecular weight is 322 g/mol. The predicted molar refractivity (Wildman–Crippen MR) is 67.2 cm³/mol. The second-order valence-corrected chi connectivity index (χ2v) is 3.89. The molecule has 6 N–H and O–H groups in total. The van der Waals surface area contributed by atoms with Crippen LogP contribution in [0, 0.1) is 0 Å². The number of hydrogen-bond donors (Lipinski definition) is 2. The zero-order valence-electron chi connectivity index (χ0n) is 9.68. The highest BCUT2D eigenvalue weighted by molar-refractivity contribution is 6.55. The lowest BCUT2D eigenvalue weighted by molar-refractivity contribution is -0.364. The Morgan fingerprint density at radius 3 is 2.25 bits per heavy atom. The fourth-order valence-corrected chi connectivity index (χ4v) is 1.30. The van der Waals surface area contributed by atoms with Gasteiger partial charge in [-0.25, -0.2) is 4.98 Å². The van der Waals surface area contributed by atoms with E-state index in [9.17, 15) is 14.7 Å². The molecule has 0 fully saturated rings. The van der Waals surface area contributed by atoms with Crippen molar-refractivity contribution < 1.29 is 30.3 Å². The van der Waals surface area contributed by atoms with Crippen molar-refractivity contribution in [2.75, 3.05) is 5.73 Å². The SMILES string of the molecule is Nc1nccc[nH+]1.O.O=C1C(O)=C(Cl)C(=O)C([O-])=C1Cl. The topological polar surface area (TPSA) is 162 Å². The van der Waals surface area contributed by atoms with E-state index in [1.165, 1.54) is 0 Å². The minimum atomic E-state index is -1.19. The van der Waals surface area contributed by atoms with E-state index >= 15 is 0 Å². The van der Waals surface area contributed by atoms with Crippen LogP contribution in [0.3, 0.4) is 0 Å². The molecule has 1 aliphatic carbocycles. The van der Waals surface area contributed by atoms with Gasteiger partial charge < -0.3 is 15.7 Å². The molecular weight excluding hydrogens is 313 g/mol. The Bertz CT molecular complexity index is 524. The molecule has 0 aliphatic heterocycles. The summed E-state index contributed by atoms with van der Waals surface area (Å²) in [6.07, 6.45) is 3.36. The Hall–Kier alpha value is -2.16. The van der Waals surface area contributed by atoms with E-state index in [0.717, 1.165) is 0 Å². The molecule has 20 heavy (non-hydrogen) atoms. The highest BCUT2D eigenvalue weighted by Crippen LogP contribution is 2.24. The van der Waals surface area contributed by atoms with Crippen LogP contribution in [0.15, 0.2) is 40.0 Å². The van der Waals surface area contributed by atoms with Gasteiger partial charge in [0.2, 0.25) is 5.78 Å². The Labute approximate surface area is 122 Å². The molecule has 2 rings (SSSR count). The number of aliphatic hydroxyl groups is 1. The van der Waals surface area contributed by atoms with Crippen molar-refractivity contribution in [3.05, 3.63) is 40.0 Å². The molecule has 0 spiro atoms. The van der Waals surface area contributed by atoms with Gasteiger partial charge in [0.1, 0.15) is 11.2 Å². The van der Waals surface area contributed by atoms with Crippen LogP contribution < -0.4 is 15.8 Å². The lowest BCUT2D eigenvalue weighted by atomic mass is 10.1. The van der Waals surface area contributed by atoms with Crippen LogP contribution in [-0.2, 0) is 9.59 Å². The van der Waals surface area contributed by atoms with Crippen LogP contribution in [0.1, 0.15) is 0 Å². The second kappa shape index (κ2) is 7.43. The largest absolute Gasteiger partial charge is 0.869 e. The van der Waals surface area contributed by atoms with Gasteiger partial charge in [-0.3, -0.25) is 15.3 Å². The molecule has 0 saturated heterocycles. The molecule has 0 aromatic carbocycles. The fraction of sp³-hybridized carbons (Fsp3) is 0. The summed E-state index contributed by atoms with van der Waals surface area (Å²) in [5.41, 5.74) is 5.19. The average Bonchev–Trinajstić information content (AvgIpc) is 2.42. The number of H-pyrrole nitrogens is 1. The number of nitrogens with one attached hydrogen (secondary N) is 1. The maximum Gasteiger partial charge on any atom is 0.386 e. The van der Waals surface area contributed by atoms with Gasteiger partial charge in [0.05, 0.1) is 11.2 Å². The van der Waals surface area contributed by atoms with Crippen LogP contribution in [0.5, 0.6) is 0 Å². The van der Waals surface area contributed by atoms with E-state index in [-0.39, 0.29) is 5.48 Å². The highest BCUT2D eigenvalue weighted by Gasteiger charge is 2.28. The van der Waals surface area contributed by atoms with Gasteiger partial charge in [-0.15, -0.1) is 0 Å². The Kier molecular flexibility index (Phi) is 6.63. The summed E-state index contributed by atoms with van der Waals surface area (Å²) < 4.78 is 0. The normalized spacial score (nSPS) is 14.5. The number of carbonyl (C=O) groups is 2. The number of aromatic nitrogens is 2. The molecule has 108 valence electrons. The molecule has 0 radical (unpaired) electrons. The molecule has 1 aliphatic rings. The van der Waals surface area contributed by atoms with Crippen molar-refractivity contribution in [2.24, 2.45) is 0 Å². The maximum atomic E-state index is 10.8. The van der Waals surface area contributed by atoms with Gasteiger partial charge in [0, 0.05) is 6.07 Å². The van der Waals surface area contributed by atoms with Gasteiger partial charge in [0.25, 0.3) is 0 Å². The number of nitrogen functional groups attached to an aromatic ring is 1. The quantitative estimate of drug-likeness (QED) is 0.559. The molecule has 10 heteroatoms. The first-order valence-corrected chi connectivity index (χ1v) is 5.45. The third-order valence-corrected chi connectivity index (χ3v) is 2.55. The third kappa shape index (κ3) is 3.92. The van der Waals surface area contributed by atoms with Crippen LogP contribution in [0.25, 0.3) is 0 Å². The molecular formula is C10H9Cl2N3O5. The van der Waals surface area contributed by atoms with Gasteiger partial charge in [-0.05, 0) is 5.76 Å². The van der Waals surface area contributed by atoms with E-state index < -0.39 is 33.1 Å². The van der Waals surface area contributed by atoms with Crippen molar-refractivity contribution in [1.29, 1.82) is 0 Å². The summed E-state index contributed by atoms with van der Waals surface area (Å²) in [6.45, 7) is 0. The van der Waals surface area contributed by atoms with Crippen molar-refractivity contribution in [3.8, 4) is 0 Å². The molecule has 0 unspecified atom stereocenters. The lowest BCUT2D eigenvalue weighted by Crippen LogP contribution is -2.26. The van der Waals surface area contributed by atoms with Crippen LogP contribution in [0.2, 0.25) is 0 Å². The molecule has 1 aromatic rings. The molecule has 0 bridgehead atoms. The molecule has 8 nitrogen and oxygen atoms in total. The zero-order valence-corrected chi connectivity index (χ0v) is 11.2. The number of carbonyl (C=O) groups excluding carboxylic acids is 2. The Balaban J connectivity index is 0.000000387. The van der Waals surface area contributed by atoms with Crippen LogP contribution in [-0.4, -0.2) is 27.1 Å². The van der Waals surface area contributed by atoms with Crippen molar-refractivity contribution in [3.63, 3.8) is 0 Å². The lowest BCUT2D eigenvalue weighted by Gasteiger charge is -2.17. The molecule has 0 amide bonds. The fourth-order valence-electron chi connectivity index (χ4n) is 0.951. The maximum absolute atomic E-state index is 10.8. The summed E-state index contributed by atoms with van der Waals surface area (Å²) in [5.74, 6) is -4.01. The first-order valence-electron chi connectivity index (χ1n) is 4.69. The molecule has 0 saturated carbocycles. The number of nitrogens with zero attached hydrogens (tertiary/aromatic N) is 1. The second-order valence-electron chi connectivity index (χ2n) is 3.13. The van der Waals surface area contributed by atoms with Crippen molar-refractivity contribution >= 4 is 40.7 Å². The van der Waals surface area contributed by atoms with Crippen LogP contribution >= 0.6 is 23.2 Å². The minimum absolute atomic E-state index is 0. The number of aliphatic hydroxyl groups excluding tert-OH is 1. The van der Waals surface area contributed by atoms with Crippen LogP contribution in [0.4, 0.5) is 5.95 Å². The predicted octanol–water partition coefficient (Wildman–Crippen LogP) is -1.39. The van der Waals surface area contributed by atoms with E-state index in [4.69, 9.17) is 34.0 Å². The Morgan fingerprint density at radius 1 is 1.25 bits per heavy atom. The molecule has 1 heterocycles. The number of aromatic amines is 1. The summed E-state index contributed by atoms with van der Waals surface area (Å²) in [7, 11) is 0. The Morgan fingerprint density at radius 2 is 1.85 bits per heavy atom. The number of Topliss-reactive ketones (excluding diaryl/α,β-unsaturated/α-hetero) is 2. The first-order chi connectivity index (χ1) is 8.86. The molecule has 0 atom stereocenters. The first kappa shape index (κ1) is 17.8. The number of hydrogen-bond acceptors (Lipinski definition) is 6. The number of ketones is 2. The molecule has 1 aromatic heterocycles. The number of nitrogens with two attached hydrogens (primary N) is 1. The smallest absolute Gasteiger partial charge is 0.386 e. The summed E-state index contributed by atoms with van der Waals surface area (Å²) in [6, 6.07) is 1.77. The van der Waals surface area contributed by atoms with Gasteiger partial charge in [-0.1, -0.05) is 28.2 Å². The summed E-state index contributed by atoms with van der Waals surface area (Å²) in [4.78, 5) is 27.9. The van der Waals surface area contributed by atoms with Gasteiger partial charge >= 0.3 is 5.95 Å². The van der Waals surface area contributed by atoms with E-state index in [1.54, 1.807) is 18.5 Å². The third-order valence-electron chi connectivity index (χ3n) is 1.85. The number of allylic oxidation sites excluding steroid dienone is 2. The van der Waals surface area contributed by atoms with E-state index in [2.05, 4.69) is 9.97 Å². The standard InChI is InChI=1S/C6H2Cl2O4.C4H5N3.H2O/c7-1-3(9)5(11)2(8)6(12)4(1)10;5-4-6-2-1-3-7-4;/h9,12H;1-3H,(H2,5,6,7);1H2. The van der Waals surface area contributed by atoms with E-state index in [1.807, 2.05) is 0 Å². The monoisotopic (exact) mass is 321 g/mol. The summed E-state index contributed by atoms with van der Waals surface area (Å²) in [5, 5.41) is 17.9. The van der Waals surface area contributed by atoms with Crippen molar-refractivity contribution in [1.82, 2.24) is 4.98 Å². The summed E-state index contributed by atoms with van der Waals surface area (Å²) >= 11 is 10.3.